The van der Waals surface area contributed by atoms with Crippen LogP contribution in [0.1, 0.15) is 123 Å². The van der Waals surface area contributed by atoms with E-state index in [1.807, 2.05) is 0 Å². The quantitative estimate of drug-likeness (QED) is 0.247. The van der Waals surface area contributed by atoms with E-state index in [-0.39, 0.29) is 5.81 Å². The van der Waals surface area contributed by atoms with Crippen LogP contribution in [0.2, 0.25) is 11.6 Å². The van der Waals surface area contributed by atoms with Gasteiger partial charge < -0.3 is 5.32 Å². The summed E-state index contributed by atoms with van der Waals surface area (Å²) in [6.07, 6.45) is 33.0. The van der Waals surface area contributed by atoms with Gasteiger partial charge in [0.1, 0.15) is 0 Å². The molecule has 2 rings (SSSR count). The molecular weight excluding hydrogens is 424 g/mol. The third kappa shape index (κ3) is 14.0. The number of hydrogen-bond acceptors (Lipinski definition) is 1. The van der Waals surface area contributed by atoms with E-state index in [0.29, 0.717) is 13.1 Å². The summed E-state index contributed by atoms with van der Waals surface area (Å²) >= 11 is 0. The Bertz CT molecular complexity index is 676. The summed E-state index contributed by atoms with van der Waals surface area (Å²) in [6, 6.07) is 0. The van der Waals surface area contributed by atoms with Crippen molar-refractivity contribution < 1.29 is 4.79 Å². The number of hydrogen-bond donors (Lipinski definition) is 1. The second-order valence-corrected chi connectivity index (χ2v) is 11.4. The molecule has 4 heteroatoms. The van der Waals surface area contributed by atoms with Crippen molar-refractivity contribution in [3.63, 3.8) is 0 Å². The van der Waals surface area contributed by atoms with Crippen molar-refractivity contribution in [1.29, 1.82) is 0 Å². The molecule has 2 fully saturated rings. The Labute approximate surface area is 219 Å². The summed E-state index contributed by atoms with van der Waals surface area (Å²) in [6.45, 7) is 8.41. The van der Waals surface area contributed by atoms with Gasteiger partial charge in [0.15, 0.2) is 13.1 Å². The average molecular weight is 477 g/mol. The SMILES string of the molecule is C=C(CCC1CCCC(BC(/C=C\C)=C/C=C\C)CCC1)NC(=O)BC1CCCCCCCCC1. The zero-order valence-corrected chi connectivity index (χ0v) is 23.2. The van der Waals surface area contributed by atoms with Gasteiger partial charge in [0, 0.05) is 5.70 Å². The monoisotopic (exact) mass is 477 g/mol. The van der Waals surface area contributed by atoms with Gasteiger partial charge in [0.05, 0.1) is 0 Å². The minimum Gasteiger partial charge on any atom is -0.339 e. The minimum absolute atomic E-state index is 0.209. The van der Waals surface area contributed by atoms with Gasteiger partial charge in [-0.2, -0.15) is 0 Å². The van der Waals surface area contributed by atoms with Crippen LogP contribution in [0, 0.1) is 5.92 Å². The molecule has 194 valence electrons. The van der Waals surface area contributed by atoms with Gasteiger partial charge in [-0.1, -0.05) is 150 Å². The van der Waals surface area contributed by atoms with Crippen LogP contribution >= 0.6 is 0 Å². The first-order valence-corrected chi connectivity index (χ1v) is 15.0. The molecule has 0 radical (unpaired) electrons. The largest absolute Gasteiger partial charge is 0.339 e. The highest BCUT2D eigenvalue weighted by Gasteiger charge is 2.20. The summed E-state index contributed by atoms with van der Waals surface area (Å²) in [5, 5.41) is 3.16. The second-order valence-electron chi connectivity index (χ2n) is 11.4. The fraction of sp³-hybridized carbons (Fsp3) is 0.710. The second kappa shape index (κ2) is 18.8. The Kier molecular flexibility index (Phi) is 16.0. The number of allylic oxidation sites excluding steroid dienone is 7. The maximum Gasteiger partial charge on any atom is 0.237 e. The predicted molar refractivity (Wildman–Crippen MR) is 159 cm³/mol. The highest BCUT2D eigenvalue weighted by atomic mass is 16.1. The lowest BCUT2D eigenvalue weighted by Crippen LogP contribution is -2.29. The molecule has 35 heavy (non-hydrogen) atoms. The highest BCUT2D eigenvalue weighted by molar-refractivity contribution is 6.74. The van der Waals surface area contributed by atoms with E-state index in [2.05, 4.69) is 56.1 Å². The van der Waals surface area contributed by atoms with Crippen LogP contribution < -0.4 is 5.32 Å². The van der Waals surface area contributed by atoms with Crippen LogP contribution in [0.15, 0.2) is 48.1 Å². The average Bonchev–Trinajstić information content (AvgIpc) is 2.82. The summed E-state index contributed by atoms with van der Waals surface area (Å²) in [5.74, 6) is 2.39. The van der Waals surface area contributed by atoms with E-state index in [1.54, 1.807) is 0 Å². The Morgan fingerprint density at radius 1 is 0.800 bits per heavy atom. The third-order valence-corrected chi connectivity index (χ3v) is 8.23. The summed E-state index contributed by atoms with van der Waals surface area (Å²) in [5.41, 5.74) is 2.41. The van der Waals surface area contributed by atoms with Crippen molar-refractivity contribution in [3.05, 3.63) is 48.1 Å². The molecule has 0 spiro atoms. The molecular formula is C31H53B2NO. The number of carbonyl (C=O) groups is 1. The molecule has 2 saturated carbocycles. The van der Waals surface area contributed by atoms with Gasteiger partial charge in [0.2, 0.25) is 7.28 Å². The lowest BCUT2D eigenvalue weighted by atomic mass is 9.54. The molecule has 2 nitrogen and oxygen atoms in total. The molecule has 0 aromatic carbocycles. The van der Waals surface area contributed by atoms with E-state index in [0.717, 1.165) is 23.9 Å². The zero-order chi connectivity index (χ0) is 25.1. The molecule has 0 unspecified atom stereocenters. The summed E-state index contributed by atoms with van der Waals surface area (Å²) < 4.78 is 0. The van der Waals surface area contributed by atoms with Gasteiger partial charge in [-0.15, -0.1) is 0 Å². The lowest BCUT2D eigenvalue weighted by Gasteiger charge is -2.25. The maximum absolute atomic E-state index is 12.7. The molecule has 0 aromatic heterocycles. The highest BCUT2D eigenvalue weighted by Crippen LogP contribution is 2.33. The predicted octanol–water partition coefficient (Wildman–Crippen LogP) is 8.97. The van der Waals surface area contributed by atoms with Gasteiger partial charge in [-0.05, 0) is 32.6 Å². The van der Waals surface area contributed by atoms with E-state index < -0.39 is 0 Å². The number of amides is 1. The molecule has 1 amide bonds. The Hall–Kier alpha value is -1.44. The van der Waals surface area contributed by atoms with Crippen LogP contribution in [0.5, 0.6) is 0 Å². The van der Waals surface area contributed by atoms with Crippen LogP contribution in [0.3, 0.4) is 0 Å². The number of rotatable bonds is 10. The molecule has 2 aliphatic carbocycles. The maximum atomic E-state index is 12.7. The van der Waals surface area contributed by atoms with E-state index >= 15 is 0 Å². The molecule has 1 N–H and O–H groups in total. The molecule has 0 heterocycles. The van der Waals surface area contributed by atoms with E-state index in [9.17, 15) is 4.79 Å². The van der Waals surface area contributed by atoms with Crippen molar-refractivity contribution in [2.45, 2.75) is 135 Å². The number of nitrogens with one attached hydrogen (secondary N) is 1. The molecule has 2 aliphatic rings. The molecule has 0 bridgehead atoms. The van der Waals surface area contributed by atoms with Gasteiger partial charge in [0.25, 0.3) is 0 Å². The van der Waals surface area contributed by atoms with Crippen molar-refractivity contribution in [2.24, 2.45) is 5.92 Å². The van der Waals surface area contributed by atoms with Gasteiger partial charge in [-0.3, -0.25) is 4.79 Å². The smallest absolute Gasteiger partial charge is 0.237 e. The molecule has 0 saturated heterocycles. The topological polar surface area (TPSA) is 29.1 Å². The molecule has 0 aromatic rings. The van der Waals surface area contributed by atoms with Crippen molar-refractivity contribution in [1.82, 2.24) is 5.32 Å². The van der Waals surface area contributed by atoms with Crippen molar-refractivity contribution in [2.75, 3.05) is 0 Å². The third-order valence-electron chi connectivity index (χ3n) is 8.23. The molecule has 0 atom stereocenters. The molecule has 0 aliphatic heterocycles. The van der Waals surface area contributed by atoms with Gasteiger partial charge in [-0.25, -0.2) is 0 Å². The Balaban J connectivity index is 1.67. The first-order valence-electron chi connectivity index (χ1n) is 15.0. The van der Waals surface area contributed by atoms with Crippen LogP contribution in [0.4, 0.5) is 4.79 Å². The fourth-order valence-electron chi connectivity index (χ4n) is 6.18. The van der Waals surface area contributed by atoms with Crippen LogP contribution in [-0.2, 0) is 0 Å². The zero-order valence-electron chi connectivity index (χ0n) is 23.2. The fourth-order valence-corrected chi connectivity index (χ4v) is 6.18. The summed E-state index contributed by atoms with van der Waals surface area (Å²) in [7, 11) is 1.91. The minimum atomic E-state index is 0.209. The first-order chi connectivity index (χ1) is 17.1. The van der Waals surface area contributed by atoms with Crippen LogP contribution in [-0.4, -0.2) is 20.4 Å². The lowest BCUT2D eigenvalue weighted by molar-refractivity contribution is 0.260. The first kappa shape index (κ1) is 29.8. The van der Waals surface area contributed by atoms with E-state index in [1.165, 1.54) is 115 Å². The van der Waals surface area contributed by atoms with Crippen molar-refractivity contribution in [3.8, 4) is 0 Å². The van der Waals surface area contributed by atoms with Crippen LogP contribution in [0.25, 0.3) is 0 Å². The Morgan fingerprint density at radius 2 is 1.37 bits per heavy atom. The Morgan fingerprint density at radius 3 is 1.97 bits per heavy atom. The van der Waals surface area contributed by atoms with Gasteiger partial charge >= 0.3 is 0 Å². The standard InChI is InChI=1S/C31H53B2NO/c1-4-6-19-28(16-5-2)32-29-22-14-17-27(18-15-23-29)25-24-26(3)34-31(35)33-30-20-12-10-8-7-9-11-13-21-30/h4-6,16,19,27,29-30,32-33H,3,7-15,17-18,20-25H2,1-2H3,(H,34,35)/b6-4-,16-5-,28-19+. The summed E-state index contributed by atoms with van der Waals surface area (Å²) in [4.78, 5) is 12.7. The van der Waals surface area contributed by atoms with Crippen molar-refractivity contribution >= 4 is 20.4 Å². The number of carbonyl (C=O) groups excluding carboxylic acids is 1. The van der Waals surface area contributed by atoms with E-state index in [4.69, 9.17) is 0 Å². The normalized spacial score (nSPS) is 24.0.